The molecule has 0 saturated carbocycles. The molecule has 0 spiro atoms. The lowest BCUT2D eigenvalue weighted by Crippen LogP contribution is -2.21. The number of benzene rings is 2. The predicted molar refractivity (Wildman–Crippen MR) is 95.0 cm³/mol. The van der Waals surface area contributed by atoms with Crippen molar-refractivity contribution in [3.05, 3.63) is 63.1 Å². The maximum absolute atomic E-state index is 5.95. The standard InChI is InChI=1S/C17H20BrClN2/c1-11(20)16-9-8-15(10-17(16)18)21(3)12(2)13-4-6-14(19)7-5-13/h4-12H,20H2,1-3H3. The Balaban J connectivity index is 2.25. The van der Waals surface area contributed by atoms with Gasteiger partial charge in [0.1, 0.15) is 0 Å². The van der Waals surface area contributed by atoms with Crippen molar-refractivity contribution in [3.63, 3.8) is 0 Å². The molecule has 112 valence electrons. The third-order valence-corrected chi connectivity index (χ3v) is 4.75. The molecule has 0 amide bonds. The van der Waals surface area contributed by atoms with Crippen LogP contribution in [0.1, 0.15) is 37.1 Å². The van der Waals surface area contributed by atoms with Gasteiger partial charge in [0.05, 0.1) is 6.04 Å². The molecule has 0 aliphatic carbocycles. The number of halogens is 2. The third-order valence-electron chi connectivity index (χ3n) is 3.82. The molecule has 2 atom stereocenters. The second-order valence-electron chi connectivity index (χ2n) is 5.33. The number of hydrogen-bond donors (Lipinski definition) is 1. The van der Waals surface area contributed by atoms with Crippen LogP contribution in [0.3, 0.4) is 0 Å². The monoisotopic (exact) mass is 366 g/mol. The van der Waals surface area contributed by atoms with E-state index in [1.165, 1.54) is 5.56 Å². The van der Waals surface area contributed by atoms with Gasteiger partial charge in [-0.05, 0) is 49.2 Å². The second kappa shape index (κ2) is 6.82. The molecule has 0 heterocycles. The van der Waals surface area contributed by atoms with E-state index < -0.39 is 0 Å². The number of rotatable bonds is 4. The largest absolute Gasteiger partial charge is 0.368 e. The van der Waals surface area contributed by atoms with Gasteiger partial charge >= 0.3 is 0 Å². The van der Waals surface area contributed by atoms with Crippen LogP contribution < -0.4 is 10.6 Å². The maximum atomic E-state index is 5.95. The predicted octanol–water partition coefficient (Wildman–Crippen LogP) is 5.32. The van der Waals surface area contributed by atoms with Gasteiger partial charge in [-0.1, -0.05) is 45.7 Å². The van der Waals surface area contributed by atoms with Crippen molar-refractivity contribution in [3.8, 4) is 0 Å². The fraction of sp³-hybridized carbons (Fsp3) is 0.294. The van der Waals surface area contributed by atoms with E-state index in [4.69, 9.17) is 17.3 Å². The summed E-state index contributed by atoms with van der Waals surface area (Å²) in [5.74, 6) is 0. The minimum Gasteiger partial charge on any atom is -0.368 e. The van der Waals surface area contributed by atoms with Crippen LogP contribution >= 0.6 is 27.5 Å². The Morgan fingerprint density at radius 1 is 1.10 bits per heavy atom. The first-order valence-corrected chi connectivity index (χ1v) is 8.10. The highest BCUT2D eigenvalue weighted by atomic mass is 79.9. The topological polar surface area (TPSA) is 29.3 Å². The summed E-state index contributed by atoms with van der Waals surface area (Å²) in [6, 6.07) is 14.6. The maximum Gasteiger partial charge on any atom is 0.0511 e. The van der Waals surface area contributed by atoms with Crippen molar-refractivity contribution in [1.82, 2.24) is 0 Å². The van der Waals surface area contributed by atoms with Crippen LogP contribution in [0.4, 0.5) is 5.69 Å². The number of nitrogens with two attached hydrogens (primary N) is 1. The summed E-state index contributed by atoms with van der Waals surface area (Å²) >= 11 is 9.56. The van der Waals surface area contributed by atoms with Crippen LogP contribution in [0.5, 0.6) is 0 Å². The van der Waals surface area contributed by atoms with Crippen LogP contribution in [0.25, 0.3) is 0 Å². The highest BCUT2D eigenvalue weighted by Crippen LogP contribution is 2.31. The first-order chi connectivity index (χ1) is 9.90. The Morgan fingerprint density at radius 3 is 2.24 bits per heavy atom. The summed E-state index contributed by atoms with van der Waals surface area (Å²) in [5, 5.41) is 0.762. The van der Waals surface area contributed by atoms with Crippen LogP contribution in [0, 0.1) is 0 Å². The second-order valence-corrected chi connectivity index (χ2v) is 6.62. The summed E-state index contributed by atoms with van der Waals surface area (Å²) in [6.07, 6.45) is 0. The summed E-state index contributed by atoms with van der Waals surface area (Å²) in [7, 11) is 2.09. The minimum atomic E-state index is 0.0208. The molecule has 2 aromatic rings. The first kappa shape index (κ1) is 16.3. The number of nitrogens with zero attached hydrogens (tertiary/aromatic N) is 1. The summed E-state index contributed by atoms with van der Waals surface area (Å²) in [5.41, 5.74) is 9.44. The van der Waals surface area contributed by atoms with Gasteiger partial charge in [0, 0.05) is 28.3 Å². The van der Waals surface area contributed by atoms with Gasteiger partial charge in [-0.2, -0.15) is 0 Å². The lowest BCUT2D eigenvalue weighted by molar-refractivity contribution is 0.738. The molecular formula is C17H20BrClN2. The van der Waals surface area contributed by atoms with Gasteiger partial charge in [0.15, 0.2) is 0 Å². The van der Waals surface area contributed by atoms with E-state index in [-0.39, 0.29) is 12.1 Å². The molecule has 21 heavy (non-hydrogen) atoms. The smallest absolute Gasteiger partial charge is 0.0511 e. The fourth-order valence-corrected chi connectivity index (χ4v) is 3.15. The lowest BCUT2D eigenvalue weighted by Gasteiger charge is -2.28. The molecule has 2 unspecified atom stereocenters. The Hall–Kier alpha value is -1.03. The zero-order valence-electron chi connectivity index (χ0n) is 12.5. The Bertz CT molecular complexity index is 611. The minimum absolute atomic E-state index is 0.0208. The van der Waals surface area contributed by atoms with Crippen molar-refractivity contribution in [2.45, 2.75) is 25.9 Å². The molecule has 0 aliphatic heterocycles. The number of hydrogen-bond acceptors (Lipinski definition) is 2. The van der Waals surface area contributed by atoms with Gasteiger partial charge in [0.2, 0.25) is 0 Å². The molecule has 0 saturated heterocycles. The molecule has 2 aromatic carbocycles. The van der Waals surface area contributed by atoms with E-state index >= 15 is 0 Å². The van der Waals surface area contributed by atoms with Crippen LogP contribution in [0.15, 0.2) is 46.9 Å². The van der Waals surface area contributed by atoms with Crippen molar-refractivity contribution in [1.29, 1.82) is 0 Å². The molecule has 0 aliphatic rings. The molecule has 0 fully saturated rings. The van der Waals surface area contributed by atoms with Crippen molar-refractivity contribution >= 4 is 33.2 Å². The van der Waals surface area contributed by atoms with E-state index in [1.807, 2.05) is 19.1 Å². The molecule has 0 bridgehead atoms. The van der Waals surface area contributed by atoms with Gasteiger partial charge < -0.3 is 10.6 Å². The van der Waals surface area contributed by atoms with Gasteiger partial charge in [0.25, 0.3) is 0 Å². The molecule has 2 rings (SSSR count). The quantitative estimate of drug-likeness (QED) is 0.792. The zero-order chi connectivity index (χ0) is 15.6. The molecule has 0 radical (unpaired) electrons. The van der Waals surface area contributed by atoms with Crippen LogP contribution in [-0.4, -0.2) is 7.05 Å². The van der Waals surface area contributed by atoms with Gasteiger partial charge in [-0.3, -0.25) is 0 Å². The van der Waals surface area contributed by atoms with Crippen molar-refractivity contribution < 1.29 is 0 Å². The Morgan fingerprint density at radius 2 is 1.71 bits per heavy atom. The Labute approximate surface area is 140 Å². The molecule has 0 aromatic heterocycles. The lowest BCUT2D eigenvalue weighted by atomic mass is 10.1. The molecule has 4 heteroatoms. The van der Waals surface area contributed by atoms with E-state index in [0.29, 0.717) is 0 Å². The SMILES string of the molecule is CC(N)c1ccc(N(C)C(C)c2ccc(Cl)cc2)cc1Br. The van der Waals surface area contributed by atoms with E-state index in [9.17, 15) is 0 Å². The van der Waals surface area contributed by atoms with Gasteiger partial charge in [-0.25, -0.2) is 0 Å². The van der Waals surface area contributed by atoms with Crippen molar-refractivity contribution in [2.24, 2.45) is 5.73 Å². The first-order valence-electron chi connectivity index (χ1n) is 6.93. The highest BCUT2D eigenvalue weighted by Gasteiger charge is 2.14. The zero-order valence-corrected chi connectivity index (χ0v) is 14.8. The fourth-order valence-electron chi connectivity index (χ4n) is 2.29. The van der Waals surface area contributed by atoms with Crippen molar-refractivity contribution in [2.75, 3.05) is 11.9 Å². The van der Waals surface area contributed by atoms with Gasteiger partial charge in [-0.15, -0.1) is 0 Å². The van der Waals surface area contributed by atoms with Crippen LogP contribution in [0.2, 0.25) is 5.02 Å². The average Bonchev–Trinajstić information content (AvgIpc) is 2.46. The Kier molecular flexibility index (Phi) is 5.31. The molecular weight excluding hydrogens is 348 g/mol. The summed E-state index contributed by atoms with van der Waals surface area (Å²) < 4.78 is 1.05. The normalized spacial score (nSPS) is 13.8. The van der Waals surface area contributed by atoms with E-state index in [2.05, 4.69) is 65.1 Å². The highest BCUT2D eigenvalue weighted by molar-refractivity contribution is 9.10. The molecule has 2 N–H and O–H groups in total. The average molecular weight is 368 g/mol. The van der Waals surface area contributed by atoms with E-state index in [1.54, 1.807) is 0 Å². The number of anilines is 1. The summed E-state index contributed by atoms with van der Waals surface area (Å²) in [4.78, 5) is 2.24. The van der Waals surface area contributed by atoms with Crippen LogP contribution in [-0.2, 0) is 0 Å². The molecule has 2 nitrogen and oxygen atoms in total. The third kappa shape index (κ3) is 3.79. The summed E-state index contributed by atoms with van der Waals surface area (Å²) in [6.45, 7) is 4.16. The van der Waals surface area contributed by atoms with E-state index in [0.717, 1.165) is 20.7 Å².